The Hall–Kier alpha value is -1.27. The van der Waals surface area contributed by atoms with Crippen LogP contribution in [0.4, 0.5) is 0 Å². The Bertz CT molecular complexity index is 572. The van der Waals surface area contributed by atoms with Gasteiger partial charge in [0.25, 0.3) is 15.0 Å². The fourth-order valence-electron chi connectivity index (χ4n) is 1.52. The third-order valence-corrected chi connectivity index (χ3v) is 3.92. The molecule has 112 valence electrons. The fraction of sp³-hybridized carbons (Fsp3) is 0.462. The Labute approximate surface area is 123 Å². The van der Waals surface area contributed by atoms with Gasteiger partial charge in [-0.15, -0.1) is 0 Å². The number of carbonyl (C=O) groups excluding carboxylic acids is 1. The van der Waals surface area contributed by atoms with Gasteiger partial charge in [-0.3, -0.25) is 4.79 Å². The lowest BCUT2D eigenvalue weighted by molar-refractivity contribution is -0.123. The molecule has 0 unspecified atom stereocenters. The summed E-state index contributed by atoms with van der Waals surface area (Å²) >= 11 is 0. The summed E-state index contributed by atoms with van der Waals surface area (Å²) in [5.74, 6) is -0.215. The zero-order chi connectivity index (χ0) is 15.2. The van der Waals surface area contributed by atoms with E-state index in [0.29, 0.717) is 6.54 Å². The van der Waals surface area contributed by atoms with E-state index < -0.39 is 9.05 Å². The second kappa shape index (κ2) is 7.50. The second-order valence-electron chi connectivity index (χ2n) is 4.38. The Morgan fingerprint density at radius 1 is 1.40 bits per heavy atom. The monoisotopic (exact) mass is 319 g/mol. The van der Waals surface area contributed by atoms with Crippen molar-refractivity contribution in [1.82, 2.24) is 5.32 Å². The van der Waals surface area contributed by atoms with E-state index in [1.54, 1.807) is 13.0 Å². The van der Waals surface area contributed by atoms with Gasteiger partial charge in [0.05, 0.1) is 0 Å². The van der Waals surface area contributed by atoms with Crippen LogP contribution in [0.3, 0.4) is 0 Å². The maximum absolute atomic E-state index is 11.5. The highest BCUT2D eigenvalue weighted by molar-refractivity contribution is 8.13. The number of hydrogen-bond acceptors (Lipinski definition) is 4. The molecule has 1 aromatic rings. The summed E-state index contributed by atoms with van der Waals surface area (Å²) in [5, 5.41) is 2.68. The molecule has 0 atom stereocenters. The summed E-state index contributed by atoms with van der Waals surface area (Å²) in [7, 11) is 1.44. The molecule has 1 rings (SSSR count). The summed E-state index contributed by atoms with van der Waals surface area (Å²) in [4.78, 5) is 11.4. The van der Waals surface area contributed by atoms with Crippen LogP contribution in [0.15, 0.2) is 23.1 Å². The standard InChI is InChI=1S/C13H18ClNO4S/c1-3-4-7-15-13(16)9-19-11-6-5-10(2)8-12(11)20(14,17)18/h5-6,8H,3-4,7,9H2,1-2H3,(H,15,16). The van der Waals surface area contributed by atoms with Gasteiger partial charge in [0.15, 0.2) is 6.61 Å². The molecule has 20 heavy (non-hydrogen) atoms. The Kier molecular flexibility index (Phi) is 6.29. The zero-order valence-corrected chi connectivity index (χ0v) is 13.1. The Balaban J connectivity index is 2.71. The van der Waals surface area contributed by atoms with Crippen molar-refractivity contribution in [2.24, 2.45) is 0 Å². The predicted octanol–water partition coefficient (Wildman–Crippen LogP) is 2.22. The number of rotatable bonds is 7. The van der Waals surface area contributed by atoms with Crippen molar-refractivity contribution in [1.29, 1.82) is 0 Å². The topological polar surface area (TPSA) is 72.5 Å². The molecule has 0 aliphatic rings. The van der Waals surface area contributed by atoms with Crippen molar-refractivity contribution in [3.8, 4) is 5.75 Å². The summed E-state index contributed by atoms with van der Waals surface area (Å²) in [6, 6.07) is 4.59. The molecule has 0 saturated carbocycles. The SMILES string of the molecule is CCCCNC(=O)COc1ccc(C)cc1S(=O)(=O)Cl. The van der Waals surface area contributed by atoms with Crippen LogP contribution in [-0.4, -0.2) is 27.5 Å². The van der Waals surface area contributed by atoms with E-state index in [4.69, 9.17) is 15.4 Å². The normalized spacial score (nSPS) is 11.2. The van der Waals surface area contributed by atoms with Crippen LogP contribution in [0.1, 0.15) is 25.3 Å². The largest absolute Gasteiger partial charge is 0.482 e. The Morgan fingerprint density at radius 2 is 2.10 bits per heavy atom. The lowest BCUT2D eigenvalue weighted by Gasteiger charge is -2.10. The number of ether oxygens (including phenoxy) is 1. The van der Waals surface area contributed by atoms with Gasteiger partial charge in [-0.25, -0.2) is 8.42 Å². The molecule has 1 N–H and O–H groups in total. The van der Waals surface area contributed by atoms with Crippen molar-refractivity contribution in [3.63, 3.8) is 0 Å². The summed E-state index contributed by atoms with van der Waals surface area (Å²) in [6.07, 6.45) is 1.87. The van der Waals surface area contributed by atoms with Crippen molar-refractivity contribution >= 4 is 25.6 Å². The van der Waals surface area contributed by atoms with Gasteiger partial charge in [0.2, 0.25) is 0 Å². The number of halogens is 1. The minimum absolute atomic E-state index is 0.0799. The highest BCUT2D eigenvalue weighted by Crippen LogP contribution is 2.27. The molecule has 5 nitrogen and oxygen atoms in total. The molecule has 0 heterocycles. The van der Waals surface area contributed by atoms with Crippen LogP contribution in [0.5, 0.6) is 5.75 Å². The average molecular weight is 320 g/mol. The minimum atomic E-state index is -3.91. The number of nitrogens with one attached hydrogen (secondary N) is 1. The first kappa shape index (κ1) is 16.8. The zero-order valence-electron chi connectivity index (χ0n) is 11.5. The first-order chi connectivity index (χ1) is 9.34. The molecule has 7 heteroatoms. The van der Waals surface area contributed by atoms with Gasteiger partial charge in [0, 0.05) is 17.2 Å². The molecular weight excluding hydrogens is 302 g/mol. The Morgan fingerprint density at radius 3 is 2.70 bits per heavy atom. The van der Waals surface area contributed by atoms with Gasteiger partial charge >= 0.3 is 0 Å². The van der Waals surface area contributed by atoms with E-state index in [0.717, 1.165) is 18.4 Å². The van der Waals surface area contributed by atoms with E-state index >= 15 is 0 Å². The van der Waals surface area contributed by atoms with Crippen LogP contribution < -0.4 is 10.1 Å². The van der Waals surface area contributed by atoms with Crippen LogP contribution in [-0.2, 0) is 13.8 Å². The molecule has 0 aromatic heterocycles. The molecule has 0 radical (unpaired) electrons. The molecule has 1 amide bonds. The minimum Gasteiger partial charge on any atom is -0.482 e. The molecule has 0 saturated heterocycles. The van der Waals surface area contributed by atoms with Gasteiger partial charge in [0.1, 0.15) is 10.6 Å². The van der Waals surface area contributed by atoms with Crippen molar-refractivity contribution < 1.29 is 17.9 Å². The van der Waals surface area contributed by atoms with E-state index in [-0.39, 0.29) is 23.2 Å². The maximum atomic E-state index is 11.5. The van der Waals surface area contributed by atoms with Gasteiger partial charge in [-0.05, 0) is 31.0 Å². The van der Waals surface area contributed by atoms with Crippen LogP contribution in [0, 0.1) is 6.92 Å². The molecule has 0 bridgehead atoms. The predicted molar refractivity (Wildman–Crippen MR) is 77.6 cm³/mol. The lowest BCUT2D eigenvalue weighted by Crippen LogP contribution is -2.29. The van der Waals surface area contributed by atoms with E-state index in [9.17, 15) is 13.2 Å². The molecule has 1 aromatic carbocycles. The smallest absolute Gasteiger partial charge is 0.264 e. The molecule has 0 aliphatic heterocycles. The highest BCUT2D eigenvalue weighted by atomic mass is 35.7. The third kappa shape index (κ3) is 5.38. The molecular formula is C13H18ClNO4S. The quantitative estimate of drug-likeness (QED) is 0.618. The first-order valence-corrected chi connectivity index (χ1v) is 8.60. The van der Waals surface area contributed by atoms with E-state index in [1.165, 1.54) is 12.1 Å². The molecule has 0 aliphatic carbocycles. The number of aryl methyl sites for hydroxylation is 1. The number of unbranched alkanes of at least 4 members (excludes halogenated alkanes) is 1. The third-order valence-electron chi connectivity index (χ3n) is 2.57. The van der Waals surface area contributed by atoms with Gasteiger partial charge < -0.3 is 10.1 Å². The van der Waals surface area contributed by atoms with Crippen molar-refractivity contribution in [3.05, 3.63) is 23.8 Å². The number of carbonyl (C=O) groups is 1. The summed E-state index contributed by atoms with van der Waals surface area (Å²) in [5.41, 5.74) is 0.740. The highest BCUT2D eigenvalue weighted by Gasteiger charge is 2.17. The van der Waals surface area contributed by atoms with Crippen molar-refractivity contribution in [2.45, 2.75) is 31.6 Å². The average Bonchev–Trinajstić information content (AvgIpc) is 2.36. The van der Waals surface area contributed by atoms with Crippen LogP contribution >= 0.6 is 10.7 Å². The fourth-order valence-corrected chi connectivity index (χ4v) is 2.58. The van der Waals surface area contributed by atoms with E-state index in [1.807, 2.05) is 6.92 Å². The molecule has 0 fully saturated rings. The van der Waals surface area contributed by atoms with Gasteiger partial charge in [-0.2, -0.15) is 0 Å². The first-order valence-electron chi connectivity index (χ1n) is 6.29. The van der Waals surface area contributed by atoms with Crippen molar-refractivity contribution in [2.75, 3.05) is 13.2 Å². The number of hydrogen-bond donors (Lipinski definition) is 1. The number of amides is 1. The number of benzene rings is 1. The van der Waals surface area contributed by atoms with Crippen LogP contribution in [0.2, 0.25) is 0 Å². The maximum Gasteiger partial charge on any atom is 0.264 e. The van der Waals surface area contributed by atoms with Gasteiger partial charge in [-0.1, -0.05) is 19.4 Å². The lowest BCUT2D eigenvalue weighted by atomic mass is 10.2. The molecule has 0 spiro atoms. The van der Waals surface area contributed by atoms with E-state index in [2.05, 4.69) is 5.32 Å². The van der Waals surface area contributed by atoms with Crippen LogP contribution in [0.25, 0.3) is 0 Å². The summed E-state index contributed by atoms with van der Waals surface area (Å²) < 4.78 is 28.1. The second-order valence-corrected chi connectivity index (χ2v) is 6.91. The summed E-state index contributed by atoms with van der Waals surface area (Å²) in [6.45, 7) is 4.10.